The van der Waals surface area contributed by atoms with Crippen molar-refractivity contribution in [1.29, 1.82) is 0 Å². The fourth-order valence-electron chi connectivity index (χ4n) is 4.55. The lowest BCUT2D eigenvalue weighted by atomic mass is 9.71. The number of amides is 2. The zero-order chi connectivity index (χ0) is 18.5. The molecule has 1 aliphatic carbocycles. The van der Waals surface area contributed by atoms with Gasteiger partial charge < -0.3 is 14.9 Å². The van der Waals surface area contributed by atoms with E-state index in [1.165, 1.54) is 0 Å². The highest BCUT2D eigenvalue weighted by Crippen LogP contribution is 2.49. The van der Waals surface area contributed by atoms with E-state index in [9.17, 15) is 14.7 Å². The number of benzene rings is 1. The van der Waals surface area contributed by atoms with Crippen LogP contribution in [-0.2, 0) is 4.79 Å². The Morgan fingerprint density at radius 3 is 2.59 bits per heavy atom. The maximum Gasteiger partial charge on any atom is 0.273 e. The minimum absolute atomic E-state index is 0.0436. The molecule has 2 aliphatic heterocycles. The van der Waals surface area contributed by atoms with Crippen molar-refractivity contribution in [3.63, 3.8) is 0 Å². The number of pyridine rings is 1. The summed E-state index contributed by atoms with van der Waals surface area (Å²) < 4.78 is 0. The summed E-state index contributed by atoms with van der Waals surface area (Å²) >= 11 is 0. The Morgan fingerprint density at radius 1 is 1.11 bits per heavy atom. The third-order valence-electron chi connectivity index (χ3n) is 6.00. The molecule has 6 nitrogen and oxygen atoms in total. The Morgan fingerprint density at radius 2 is 1.89 bits per heavy atom. The molecule has 3 heterocycles. The molecular weight excluding hydrogens is 342 g/mol. The van der Waals surface area contributed by atoms with Crippen LogP contribution in [0.1, 0.15) is 34.8 Å². The Labute approximate surface area is 157 Å². The fraction of sp³-hybridized carbons (Fsp3) is 0.381. The SMILES string of the molecule is O=C(C1CC1)N1C[C@@H]2[C@H](c3ccccc31)[C@H](CO)N2C(=O)c1ccccn1. The first-order chi connectivity index (χ1) is 13.2. The van der Waals surface area contributed by atoms with Crippen molar-refractivity contribution in [1.82, 2.24) is 9.88 Å². The van der Waals surface area contributed by atoms with E-state index in [4.69, 9.17) is 0 Å². The average molecular weight is 363 g/mol. The molecule has 2 fully saturated rings. The number of aliphatic hydroxyl groups is 1. The van der Waals surface area contributed by atoms with Crippen LogP contribution in [0.4, 0.5) is 5.69 Å². The lowest BCUT2D eigenvalue weighted by Crippen LogP contribution is -2.70. The van der Waals surface area contributed by atoms with Crippen molar-refractivity contribution in [2.24, 2.45) is 5.92 Å². The molecule has 2 amide bonds. The minimum Gasteiger partial charge on any atom is -0.394 e. The van der Waals surface area contributed by atoms with Crippen molar-refractivity contribution in [3.05, 3.63) is 59.9 Å². The van der Waals surface area contributed by atoms with E-state index in [1.807, 2.05) is 29.2 Å². The number of anilines is 1. The number of hydrogen-bond acceptors (Lipinski definition) is 4. The molecule has 1 saturated carbocycles. The summed E-state index contributed by atoms with van der Waals surface area (Å²) in [6, 6.07) is 12.7. The quantitative estimate of drug-likeness (QED) is 0.903. The summed E-state index contributed by atoms with van der Waals surface area (Å²) in [5, 5.41) is 10.00. The highest BCUT2D eigenvalue weighted by atomic mass is 16.3. The smallest absolute Gasteiger partial charge is 0.273 e. The number of rotatable bonds is 3. The molecule has 2 aromatic rings. The van der Waals surface area contributed by atoms with E-state index in [0.717, 1.165) is 24.1 Å². The molecule has 3 atom stereocenters. The Hall–Kier alpha value is -2.73. The van der Waals surface area contributed by atoms with Crippen molar-refractivity contribution in [2.75, 3.05) is 18.1 Å². The van der Waals surface area contributed by atoms with Gasteiger partial charge in [-0.15, -0.1) is 0 Å². The van der Waals surface area contributed by atoms with Gasteiger partial charge in [-0.05, 0) is 36.6 Å². The van der Waals surface area contributed by atoms with Crippen LogP contribution in [0.15, 0.2) is 48.7 Å². The molecule has 6 heteroatoms. The van der Waals surface area contributed by atoms with Crippen molar-refractivity contribution in [2.45, 2.75) is 30.8 Å². The maximum atomic E-state index is 13.0. The van der Waals surface area contributed by atoms with E-state index in [0.29, 0.717) is 12.2 Å². The van der Waals surface area contributed by atoms with Crippen LogP contribution in [0.2, 0.25) is 0 Å². The first-order valence-electron chi connectivity index (χ1n) is 9.45. The Balaban J connectivity index is 1.52. The van der Waals surface area contributed by atoms with Gasteiger partial charge in [0.15, 0.2) is 0 Å². The van der Waals surface area contributed by atoms with Crippen LogP contribution in [-0.4, -0.2) is 52.0 Å². The van der Waals surface area contributed by atoms with E-state index in [1.54, 1.807) is 29.3 Å². The summed E-state index contributed by atoms with van der Waals surface area (Å²) in [6.07, 6.45) is 3.49. The van der Waals surface area contributed by atoms with Gasteiger partial charge in [0.05, 0.1) is 18.7 Å². The summed E-state index contributed by atoms with van der Waals surface area (Å²) in [6.45, 7) is 0.372. The number of likely N-dealkylation sites (tertiary alicyclic amines) is 1. The van der Waals surface area contributed by atoms with E-state index in [2.05, 4.69) is 4.98 Å². The Bertz CT molecular complexity index is 897. The van der Waals surface area contributed by atoms with Gasteiger partial charge in [0.2, 0.25) is 5.91 Å². The van der Waals surface area contributed by atoms with Gasteiger partial charge in [0.25, 0.3) is 5.91 Å². The third kappa shape index (κ3) is 2.47. The zero-order valence-electron chi connectivity index (χ0n) is 14.9. The summed E-state index contributed by atoms with van der Waals surface area (Å²) in [5.74, 6) is 0.123. The summed E-state index contributed by atoms with van der Waals surface area (Å²) in [4.78, 5) is 33.6. The van der Waals surface area contributed by atoms with Crippen molar-refractivity contribution in [3.8, 4) is 0 Å². The molecule has 1 aromatic heterocycles. The number of fused-ring (bicyclic) bond motifs is 3. The molecule has 138 valence electrons. The lowest BCUT2D eigenvalue weighted by molar-refractivity contribution is -0.120. The van der Waals surface area contributed by atoms with Crippen LogP contribution in [0.25, 0.3) is 0 Å². The molecule has 0 bridgehead atoms. The minimum atomic E-state index is -0.288. The van der Waals surface area contributed by atoms with Gasteiger partial charge >= 0.3 is 0 Å². The predicted molar refractivity (Wildman–Crippen MR) is 99.3 cm³/mol. The Kier molecular flexibility index (Phi) is 3.75. The predicted octanol–water partition coefficient (Wildman–Crippen LogP) is 1.81. The van der Waals surface area contributed by atoms with E-state index < -0.39 is 0 Å². The topological polar surface area (TPSA) is 73.7 Å². The second-order valence-electron chi connectivity index (χ2n) is 7.55. The van der Waals surface area contributed by atoms with Crippen molar-refractivity contribution < 1.29 is 14.7 Å². The van der Waals surface area contributed by atoms with Gasteiger partial charge in [0.1, 0.15) is 5.69 Å². The van der Waals surface area contributed by atoms with Crippen LogP contribution in [0, 0.1) is 5.92 Å². The fourth-order valence-corrected chi connectivity index (χ4v) is 4.55. The molecule has 1 N–H and O–H groups in total. The van der Waals surface area contributed by atoms with Gasteiger partial charge in [-0.2, -0.15) is 0 Å². The normalized spacial score (nSPS) is 26.0. The molecule has 1 saturated heterocycles. The number of para-hydroxylation sites is 1. The summed E-state index contributed by atoms with van der Waals surface area (Å²) in [7, 11) is 0. The number of carbonyl (C=O) groups is 2. The zero-order valence-corrected chi connectivity index (χ0v) is 14.9. The molecule has 27 heavy (non-hydrogen) atoms. The number of aromatic nitrogens is 1. The van der Waals surface area contributed by atoms with Crippen LogP contribution in [0.3, 0.4) is 0 Å². The molecule has 5 rings (SSSR count). The third-order valence-corrected chi connectivity index (χ3v) is 6.00. The number of carbonyl (C=O) groups excluding carboxylic acids is 2. The second-order valence-corrected chi connectivity index (χ2v) is 7.55. The molecular formula is C21H21N3O3. The highest BCUT2D eigenvalue weighted by Gasteiger charge is 2.56. The number of nitrogens with zero attached hydrogens (tertiary/aromatic N) is 3. The van der Waals surface area contributed by atoms with Crippen LogP contribution in [0.5, 0.6) is 0 Å². The molecule has 0 radical (unpaired) electrons. The second kappa shape index (κ2) is 6.16. The average Bonchev–Trinajstić information content (AvgIpc) is 3.54. The number of hydrogen-bond donors (Lipinski definition) is 1. The first kappa shape index (κ1) is 16.4. The maximum absolute atomic E-state index is 13.0. The summed E-state index contributed by atoms with van der Waals surface area (Å²) in [5.41, 5.74) is 2.35. The van der Waals surface area contributed by atoms with Gasteiger partial charge in [-0.1, -0.05) is 24.3 Å². The van der Waals surface area contributed by atoms with E-state index >= 15 is 0 Å². The van der Waals surface area contributed by atoms with Gasteiger partial charge in [-0.25, -0.2) is 0 Å². The largest absolute Gasteiger partial charge is 0.394 e. The monoisotopic (exact) mass is 363 g/mol. The number of aliphatic hydroxyl groups excluding tert-OH is 1. The molecule has 0 unspecified atom stereocenters. The molecule has 1 aromatic carbocycles. The van der Waals surface area contributed by atoms with Gasteiger partial charge in [-0.3, -0.25) is 14.6 Å². The van der Waals surface area contributed by atoms with Crippen LogP contribution >= 0.6 is 0 Å². The molecule has 3 aliphatic rings. The highest BCUT2D eigenvalue weighted by molar-refractivity contribution is 5.99. The standard InChI is InChI=1S/C21H21N3O3/c25-12-18-19-14-5-1-2-7-16(14)23(20(26)13-8-9-13)11-17(19)24(18)21(27)15-6-3-4-10-22-15/h1-7,10,13,17-19,25H,8-9,11-12H2/t17-,18+,19+/m1/s1. The van der Waals surface area contributed by atoms with Crippen molar-refractivity contribution >= 4 is 17.5 Å². The first-order valence-corrected chi connectivity index (χ1v) is 9.45. The van der Waals surface area contributed by atoms with Gasteiger partial charge in [0, 0.05) is 30.3 Å². The lowest BCUT2D eigenvalue weighted by Gasteiger charge is -2.58. The van der Waals surface area contributed by atoms with Crippen LogP contribution < -0.4 is 4.90 Å². The van der Waals surface area contributed by atoms with E-state index in [-0.39, 0.29) is 42.3 Å². The molecule has 0 spiro atoms.